The largest absolute Gasteiger partial charge is 0.469 e. The first-order chi connectivity index (χ1) is 32.9. The van der Waals surface area contributed by atoms with E-state index in [4.69, 9.17) is 19.9 Å². The van der Waals surface area contributed by atoms with Gasteiger partial charge in [0.15, 0.2) is 5.78 Å². The molecule has 0 saturated carbocycles. The second kappa shape index (κ2) is 35.8. The van der Waals surface area contributed by atoms with E-state index in [0.717, 1.165) is 101 Å². The fourth-order valence-electron chi connectivity index (χ4n) is 6.49. The van der Waals surface area contributed by atoms with Gasteiger partial charge in [-0.3, -0.25) is 28.5 Å². The summed E-state index contributed by atoms with van der Waals surface area (Å²) in [6.07, 6.45) is 1.55. The van der Waals surface area contributed by atoms with Gasteiger partial charge in [-0.2, -0.15) is 0 Å². The molecule has 3 fully saturated rings. The highest BCUT2D eigenvalue weighted by molar-refractivity contribution is 7.54. The summed E-state index contributed by atoms with van der Waals surface area (Å²) in [6, 6.07) is 24.4. The summed E-state index contributed by atoms with van der Waals surface area (Å²) < 4.78 is 45.0. The zero-order chi connectivity index (χ0) is 51.4. The van der Waals surface area contributed by atoms with Gasteiger partial charge in [0.2, 0.25) is 5.91 Å². The molecule has 1 atom stereocenters. The van der Waals surface area contributed by atoms with Crippen LogP contribution in [0.15, 0.2) is 78.9 Å². The van der Waals surface area contributed by atoms with Crippen LogP contribution in [0.4, 0.5) is 17.1 Å². The van der Waals surface area contributed by atoms with E-state index in [1.165, 1.54) is 51.6 Å². The smallest absolute Gasteiger partial charge is 0.341 e. The lowest BCUT2D eigenvalue weighted by Crippen LogP contribution is -2.36. The maximum atomic E-state index is 11.2. The van der Waals surface area contributed by atoms with Crippen molar-refractivity contribution >= 4 is 87.5 Å². The van der Waals surface area contributed by atoms with E-state index in [1.54, 1.807) is 6.92 Å². The van der Waals surface area contributed by atoms with Crippen LogP contribution in [-0.2, 0) is 61.3 Å². The topological polar surface area (TPSA) is 286 Å². The molecule has 3 aliphatic rings. The number of carbonyl (C=O) groups excluding carboxylic acids is 6. The van der Waals surface area contributed by atoms with Gasteiger partial charge < -0.3 is 64.8 Å². The summed E-state index contributed by atoms with van der Waals surface area (Å²) in [4.78, 5) is 69.5. The lowest BCUT2D eigenvalue weighted by Gasteiger charge is -2.29. The molecule has 0 bridgehead atoms. The van der Waals surface area contributed by atoms with Gasteiger partial charge in [-0.05, 0) is 108 Å². The molecule has 3 aliphatic heterocycles. The highest BCUT2D eigenvalue weighted by Crippen LogP contribution is 2.45. The number of carbonyl (C=O) groups is 6. The van der Waals surface area contributed by atoms with Gasteiger partial charge in [-0.1, -0.05) is 31.2 Å². The van der Waals surface area contributed by atoms with Crippen molar-refractivity contribution in [3.05, 3.63) is 95.6 Å². The molecule has 71 heavy (non-hydrogen) atoms. The Balaban J connectivity index is 0.000000891. The Morgan fingerprint density at radius 1 is 0.634 bits per heavy atom. The molecular weight excluding hydrogens is 988 g/mol. The Hall–Kier alpha value is -5.25. The molecule has 3 aromatic carbocycles. The molecule has 396 valence electrons. The molecule has 0 radical (unpaired) electrons. The van der Waals surface area contributed by atoms with Crippen molar-refractivity contribution in [3.8, 4) is 0 Å². The average molecular weight is 1060 g/mol. The third-order valence-electron chi connectivity index (χ3n) is 10.5. The highest BCUT2D eigenvalue weighted by Gasteiger charge is 2.26. The van der Waals surface area contributed by atoms with Crippen molar-refractivity contribution in [1.29, 1.82) is 0 Å². The lowest BCUT2D eigenvalue weighted by atomic mass is 9.97. The number of allylic oxidation sites excluding steroid dienone is 1. The lowest BCUT2D eigenvalue weighted by molar-refractivity contribution is -0.138. The van der Waals surface area contributed by atoms with E-state index >= 15 is 0 Å². The zero-order valence-corrected chi connectivity index (χ0v) is 43.9. The molecule has 1 unspecified atom stereocenters. The molecule has 3 heterocycles. The van der Waals surface area contributed by atoms with Crippen molar-refractivity contribution in [3.63, 3.8) is 0 Å². The number of hydrogen-bond acceptors (Lipinski definition) is 18. The van der Waals surface area contributed by atoms with Crippen molar-refractivity contribution < 1.29 is 71.5 Å². The maximum Gasteiger partial charge on any atom is 0.341 e. The second-order valence-electron chi connectivity index (χ2n) is 15.2. The SMILES string of the molecule is CC(=O)c1ccc(N2CCOCC2)cc1.CC(CC(N)=O)c1ccc(N2CCOCC2)cc1.COC(=O)C=C(C)c1ccc(N2CCOCC2)cc1.COC(=O)CP(=O)(OC)OC.N.O.O=C(Cl)C(=O)Cl. The van der Waals surface area contributed by atoms with E-state index in [2.05, 4.69) is 92.8 Å². The predicted molar refractivity (Wildman–Crippen MR) is 275 cm³/mol. The Morgan fingerprint density at radius 2 is 0.986 bits per heavy atom. The van der Waals surface area contributed by atoms with E-state index in [-0.39, 0.29) is 41.4 Å². The van der Waals surface area contributed by atoms with Crippen molar-refractivity contribution in [1.82, 2.24) is 6.15 Å². The first-order valence-electron chi connectivity index (χ1n) is 21.9. The van der Waals surface area contributed by atoms with Gasteiger partial charge in [-0.25, -0.2) is 4.79 Å². The third kappa shape index (κ3) is 25.6. The number of benzene rings is 3. The number of halogens is 2. The van der Waals surface area contributed by atoms with Crippen LogP contribution in [0.2, 0.25) is 0 Å². The normalized spacial score (nSPS) is 14.7. The van der Waals surface area contributed by atoms with Crippen LogP contribution in [-0.4, -0.2) is 153 Å². The minimum atomic E-state index is -3.23. The van der Waals surface area contributed by atoms with Gasteiger partial charge >= 0.3 is 30.0 Å². The van der Waals surface area contributed by atoms with Crippen molar-refractivity contribution in [2.24, 2.45) is 5.73 Å². The van der Waals surface area contributed by atoms with Gasteiger partial charge in [-0.15, -0.1) is 0 Å². The molecular formula is C48H70Cl2N5O15P. The molecule has 6 rings (SSSR count). The number of rotatable bonds is 14. The quantitative estimate of drug-likeness (QED) is 0.0480. The number of nitrogens with two attached hydrogens (primary N) is 1. The second-order valence-corrected chi connectivity index (χ2v) is 18.2. The van der Waals surface area contributed by atoms with Crippen LogP contribution in [0.5, 0.6) is 0 Å². The molecule has 20 nitrogen and oxygen atoms in total. The van der Waals surface area contributed by atoms with Crippen LogP contribution in [0, 0.1) is 0 Å². The summed E-state index contributed by atoms with van der Waals surface area (Å²) in [5.74, 6) is -0.892. The van der Waals surface area contributed by atoms with E-state index in [0.29, 0.717) is 6.42 Å². The number of ether oxygens (including phenoxy) is 5. The number of primary amides is 1. The van der Waals surface area contributed by atoms with Crippen LogP contribution in [0.1, 0.15) is 54.6 Å². The van der Waals surface area contributed by atoms with Crippen LogP contribution in [0.25, 0.3) is 5.57 Å². The zero-order valence-electron chi connectivity index (χ0n) is 41.5. The number of methoxy groups -OCH3 is 2. The molecule has 0 spiro atoms. The monoisotopic (exact) mass is 1060 g/mol. The molecule has 3 saturated heterocycles. The first-order valence-corrected chi connectivity index (χ1v) is 24.4. The number of esters is 2. The highest BCUT2D eigenvalue weighted by atomic mass is 35.5. The van der Waals surface area contributed by atoms with Crippen LogP contribution >= 0.6 is 30.8 Å². The van der Waals surface area contributed by atoms with Crippen molar-refractivity contribution in [2.45, 2.75) is 33.1 Å². The summed E-state index contributed by atoms with van der Waals surface area (Å²) >= 11 is 8.98. The van der Waals surface area contributed by atoms with Crippen molar-refractivity contribution in [2.75, 3.05) is 128 Å². The fraction of sp³-hybridized carbons (Fsp3) is 0.458. The molecule has 23 heteroatoms. The van der Waals surface area contributed by atoms with Gasteiger partial charge in [0, 0.05) is 88.6 Å². The number of ketones is 1. The van der Waals surface area contributed by atoms with Gasteiger partial charge in [0.1, 0.15) is 6.16 Å². The Kier molecular flexibility index (Phi) is 33.1. The minimum Gasteiger partial charge on any atom is -0.469 e. The fourth-order valence-corrected chi connectivity index (χ4v) is 7.34. The Morgan fingerprint density at radius 3 is 1.28 bits per heavy atom. The Bertz CT molecular complexity index is 2130. The van der Waals surface area contributed by atoms with Gasteiger partial charge in [0.05, 0.1) is 53.9 Å². The van der Waals surface area contributed by atoms with Crippen LogP contribution < -0.4 is 26.6 Å². The molecule has 0 aliphatic carbocycles. The number of Topliss-reactive ketones (excluding diaryl/α,β-unsaturated/α-hetero) is 1. The minimum absolute atomic E-state index is 0. The van der Waals surface area contributed by atoms with E-state index < -0.39 is 24.0 Å². The molecule has 7 N–H and O–H groups in total. The summed E-state index contributed by atoms with van der Waals surface area (Å²) in [5, 5.41) is -2.28. The molecule has 3 aromatic rings. The number of amides is 1. The molecule has 1 amide bonds. The van der Waals surface area contributed by atoms with Crippen LogP contribution in [0.3, 0.4) is 0 Å². The summed E-state index contributed by atoms with van der Waals surface area (Å²) in [6.45, 7) is 15.8. The number of hydrogen-bond donors (Lipinski definition) is 2. The summed E-state index contributed by atoms with van der Waals surface area (Å²) in [7, 11) is 1.79. The third-order valence-corrected chi connectivity index (χ3v) is 12.7. The van der Waals surface area contributed by atoms with E-state index in [1.807, 2.05) is 50.2 Å². The first kappa shape index (κ1) is 65.8. The average Bonchev–Trinajstić information content (AvgIpc) is 3.37. The maximum absolute atomic E-state index is 11.2. The van der Waals surface area contributed by atoms with Gasteiger partial charge in [0.25, 0.3) is 0 Å². The number of nitrogens with zero attached hydrogens (tertiary/aromatic N) is 3. The molecule has 0 aromatic heterocycles. The summed E-state index contributed by atoms with van der Waals surface area (Å²) in [5.41, 5.74) is 12.7. The predicted octanol–water partition coefficient (Wildman–Crippen LogP) is 5.83. The number of morpholine rings is 3. The van der Waals surface area contributed by atoms with E-state index in [9.17, 15) is 33.3 Å². The number of anilines is 3. The standard InChI is InChI=1S/C15H19NO3.C14H20N2O2.C12H15NO2.C5H11O5P.C2Cl2O2.H3N.H2O/c1-12(11-15(17)18-2)13-3-5-14(6-4-13)16-7-9-19-10-8-16;1-11(10-14(15)17)12-2-4-13(5-3-12)16-6-8-18-9-7-16;1-10(14)11-2-4-12(5-3-11)13-6-8-15-9-7-13;1-8-5(6)4-11(7,9-2)10-3;3-1(5)2(4)6;;/h3-6,11H,7-10H2,1-2H3;2-5,11H,6-10H2,1H3,(H2,15,17);2-5H,6-9H2,1H3;4H2,1-3H3;;1H3;1H2. The Labute approximate surface area is 426 Å².